The molecule has 206 valence electrons. The zero-order valence-corrected chi connectivity index (χ0v) is 21.8. The molecule has 36 heavy (non-hydrogen) atoms. The first-order valence-corrected chi connectivity index (χ1v) is 13.7. The standard InChI is InChI=1S/C22H42N8O5S/c1-36-13-9-16(29-18(31)14-7-4-11-26-14)20(33)28-15(8-5-12-27-22(24)25)19(32)30-17(21(34)35)6-2-3-10-23/h14-17,26H,2-13,23H2,1H3,(H,28,33)(H,29,31)(H,30,32)(H,34,35)(H4,24,25,27). The molecule has 3 amide bonds. The number of aliphatic imine (C=N–C) groups is 1. The van der Waals surface area contributed by atoms with E-state index in [1.807, 2.05) is 6.26 Å². The summed E-state index contributed by atoms with van der Waals surface area (Å²) in [7, 11) is 0. The Balaban J connectivity index is 2.92. The summed E-state index contributed by atoms with van der Waals surface area (Å²) in [5.41, 5.74) is 16.2. The lowest BCUT2D eigenvalue weighted by Gasteiger charge is -2.25. The van der Waals surface area contributed by atoms with Gasteiger partial charge < -0.3 is 43.6 Å². The molecule has 0 aromatic rings. The summed E-state index contributed by atoms with van der Waals surface area (Å²) in [4.78, 5) is 54.3. The van der Waals surface area contributed by atoms with E-state index in [0.29, 0.717) is 44.4 Å². The van der Waals surface area contributed by atoms with Gasteiger partial charge in [0, 0.05) is 6.54 Å². The molecule has 14 heteroatoms. The molecule has 1 saturated heterocycles. The number of carbonyl (C=O) groups is 4. The largest absolute Gasteiger partial charge is 0.480 e. The van der Waals surface area contributed by atoms with Gasteiger partial charge in [0.25, 0.3) is 0 Å². The van der Waals surface area contributed by atoms with Crippen molar-refractivity contribution in [3.8, 4) is 0 Å². The average molecular weight is 531 g/mol. The van der Waals surface area contributed by atoms with E-state index in [1.54, 1.807) is 0 Å². The maximum absolute atomic E-state index is 13.2. The molecule has 0 bridgehead atoms. The number of amides is 3. The highest BCUT2D eigenvalue weighted by Crippen LogP contribution is 2.09. The van der Waals surface area contributed by atoms with Crippen molar-refractivity contribution in [2.75, 3.05) is 31.6 Å². The average Bonchev–Trinajstić information content (AvgIpc) is 3.37. The molecule has 1 aliphatic heterocycles. The predicted molar refractivity (Wildman–Crippen MR) is 140 cm³/mol. The quantitative estimate of drug-likeness (QED) is 0.0564. The first-order chi connectivity index (χ1) is 17.2. The highest BCUT2D eigenvalue weighted by Gasteiger charge is 2.31. The van der Waals surface area contributed by atoms with Gasteiger partial charge in [-0.05, 0) is 76.5 Å². The van der Waals surface area contributed by atoms with Crippen LogP contribution in [0.25, 0.3) is 0 Å². The van der Waals surface area contributed by atoms with Gasteiger partial charge in [-0.15, -0.1) is 0 Å². The number of carbonyl (C=O) groups excluding carboxylic acids is 3. The van der Waals surface area contributed by atoms with Gasteiger partial charge in [0.15, 0.2) is 5.96 Å². The number of nitrogens with one attached hydrogen (secondary N) is 4. The number of hydrogen-bond donors (Lipinski definition) is 8. The molecule has 13 nitrogen and oxygen atoms in total. The minimum Gasteiger partial charge on any atom is -0.480 e. The van der Waals surface area contributed by atoms with Crippen molar-refractivity contribution in [3.63, 3.8) is 0 Å². The van der Waals surface area contributed by atoms with Gasteiger partial charge in [0.1, 0.15) is 18.1 Å². The third-order valence-corrected chi connectivity index (χ3v) is 6.40. The fraction of sp³-hybridized carbons (Fsp3) is 0.773. The van der Waals surface area contributed by atoms with Crippen LogP contribution in [0.2, 0.25) is 0 Å². The number of rotatable bonds is 18. The number of nitrogens with two attached hydrogens (primary N) is 3. The number of hydrogen-bond acceptors (Lipinski definition) is 8. The Labute approximate surface area is 216 Å². The monoisotopic (exact) mass is 530 g/mol. The number of guanidine groups is 1. The second-order valence-electron chi connectivity index (χ2n) is 8.69. The molecule has 4 atom stereocenters. The molecule has 1 rings (SSSR count). The van der Waals surface area contributed by atoms with Gasteiger partial charge in [-0.2, -0.15) is 11.8 Å². The van der Waals surface area contributed by atoms with Crippen LogP contribution in [0.15, 0.2) is 4.99 Å². The number of nitrogens with zero attached hydrogens (tertiary/aromatic N) is 1. The fourth-order valence-electron chi connectivity index (χ4n) is 3.75. The van der Waals surface area contributed by atoms with Crippen molar-refractivity contribution in [2.24, 2.45) is 22.2 Å². The van der Waals surface area contributed by atoms with Crippen LogP contribution in [-0.2, 0) is 19.2 Å². The highest BCUT2D eigenvalue weighted by atomic mass is 32.2. The molecule has 0 radical (unpaired) electrons. The van der Waals surface area contributed by atoms with Gasteiger partial charge in [-0.25, -0.2) is 4.79 Å². The molecule has 0 saturated carbocycles. The highest BCUT2D eigenvalue weighted by molar-refractivity contribution is 7.98. The van der Waals surface area contributed by atoms with Crippen molar-refractivity contribution >= 4 is 41.4 Å². The number of carboxylic acids is 1. The number of aliphatic carboxylic acids is 1. The Morgan fingerprint density at radius 2 is 1.64 bits per heavy atom. The van der Waals surface area contributed by atoms with Crippen molar-refractivity contribution < 1.29 is 24.3 Å². The maximum Gasteiger partial charge on any atom is 0.326 e. The molecule has 1 heterocycles. The van der Waals surface area contributed by atoms with Crippen LogP contribution in [-0.4, -0.2) is 90.6 Å². The third kappa shape index (κ3) is 12.4. The molecular weight excluding hydrogens is 488 g/mol. The molecule has 0 aromatic heterocycles. The molecule has 1 fully saturated rings. The third-order valence-electron chi connectivity index (χ3n) is 5.76. The second kappa shape index (κ2) is 17.8. The molecule has 1 aliphatic rings. The van der Waals surface area contributed by atoms with Crippen molar-refractivity contribution in [3.05, 3.63) is 0 Å². The lowest BCUT2D eigenvalue weighted by atomic mass is 10.1. The number of thioether (sulfide) groups is 1. The van der Waals surface area contributed by atoms with Gasteiger partial charge >= 0.3 is 5.97 Å². The van der Waals surface area contributed by atoms with Crippen LogP contribution in [0.1, 0.15) is 51.4 Å². The van der Waals surface area contributed by atoms with Crippen LogP contribution < -0.4 is 38.5 Å². The van der Waals surface area contributed by atoms with E-state index in [1.165, 1.54) is 11.8 Å². The van der Waals surface area contributed by atoms with Crippen molar-refractivity contribution in [1.82, 2.24) is 21.3 Å². The molecule has 11 N–H and O–H groups in total. The van der Waals surface area contributed by atoms with Gasteiger partial charge in [-0.3, -0.25) is 19.4 Å². The first-order valence-electron chi connectivity index (χ1n) is 12.3. The second-order valence-corrected chi connectivity index (χ2v) is 9.67. The van der Waals surface area contributed by atoms with Crippen LogP contribution in [0.4, 0.5) is 0 Å². The molecule has 0 aliphatic carbocycles. The van der Waals surface area contributed by atoms with Crippen LogP contribution in [0, 0.1) is 0 Å². The molecule has 0 aromatic carbocycles. The first kappa shape index (κ1) is 31.4. The summed E-state index contributed by atoms with van der Waals surface area (Å²) >= 11 is 1.53. The predicted octanol–water partition coefficient (Wildman–Crippen LogP) is -1.79. The van der Waals surface area contributed by atoms with Crippen LogP contribution in [0.3, 0.4) is 0 Å². The summed E-state index contributed by atoms with van der Waals surface area (Å²) in [6.45, 7) is 1.40. The van der Waals surface area contributed by atoms with Gasteiger partial charge in [-0.1, -0.05) is 0 Å². The SMILES string of the molecule is CSCCC(NC(=O)C1CCCN1)C(=O)NC(CCCN=C(N)N)C(=O)NC(CCCCN)C(=O)O. The van der Waals surface area contributed by atoms with E-state index < -0.39 is 35.9 Å². The summed E-state index contributed by atoms with van der Waals surface area (Å²) in [5, 5.41) is 20.6. The summed E-state index contributed by atoms with van der Waals surface area (Å²) in [6, 6.07) is -3.32. The molecule has 0 spiro atoms. The minimum atomic E-state index is -1.17. The summed E-state index contributed by atoms with van der Waals surface area (Å²) in [6.07, 6.45) is 5.78. The van der Waals surface area contributed by atoms with Crippen molar-refractivity contribution in [1.29, 1.82) is 0 Å². The van der Waals surface area contributed by atoms with E-state index in [4.69, 9.17) is 17.2 Å². The topological polar surface area (TPSA) is 227 Å². The van der Waals surface area contributed by atoms with Gasteiger partial charge in [0.2, 0.25) is 17.7 Å². The smallest absolute Gasteiger partial charge is 0.326 e. The number of unbranched alkanes of at least 4 members (excludes halogenated alkanes) is 1. The van der Waals surface area contributed by atoms with Crippen LogP contribution in [0.5, 0.6) is 0 Å². The van der Waals surface area contributed by atoms with Gasteiger partial charge in [0.05, 0.1) is 6.04 Å². The lowest BCUT2D eigenvalue weighted by Crippen LogP contribution is -2.57. The Morgan fingerprint density at radius 1 is 1.00 bits per heavy atom. The van der Waals surface area contributed by atoms with Crippen LogP contribution >= 0.6 is 11.8 Å². The lowest BCUT2D eigenvalue weighted by molar-refractivity contribution is -0.142. The van der Waals surface area contributed by atoms with E-state index in [0.717, 1.165) is 13.0 Å². The molecular formula is C22H42N8O5S. The fourth-order valence-corrected chi connectivity index (χ4v) is 4.22. The summed E-state index contributed by atoms with van der Waals surface area (Å²) < 4.78 is 0. The Kier molecular flexibility index (Phi) is 15.5. The Morgan fingerprint density at radius 3 is 2.19 bits per heavy atom. The maximum atomic E-state index is 13.2. The zero-order valence-electron chi connectivity index (χ0n) is 21.0. The van der Waals surface area contributed by atoms with E-state index in [9.17, 15) is 24.3 Å². The Hall–Kier alpha value is -2.58. The van der Waals surface area contributed by atoms with E-state index >= 15 is 0 Å². The van der Waals surface area contributed by atoms with E-state index in [-0.39, 0.29) is 37.3 Å². The summed E-state index contributed by atoms with van der Waals surface area (Å²) in [5.74, 6) is -2.02. The normalized spacial score (nSPS) is 17.4. The van der Waals surface area contributed by atoms with Crippen molar-refractivity contribution in [2.45, 2.75) is 75.5 Å². The number of carboxylic acid groups (broad SMARTS) is 1. The minimum absolute atomic E-state index is 0.0914. The molecule has 4 unspecified atom stereocenters. The Bertz CT molecular complexity index is 744. The van der Waals surface area contributed by atoms with E-state index in [2.05, 4.69) is 26.3 Å². The zero-order chi connectivity index (χ0) is 26.9.